The third-order valence-corrected chi connectivity index (χ3v) is 3.85. The molecule has 2 rings (SSSR count). The van der Waals surface area contributed by atoms with Gasteiger partial charge in [0.05, 0.1) is 11.7 Å². The van der Waals surface area contributed by atoms with Gasteiger partial charge in [-0.1, -0.05) is 0 Å². The van der Waals surface area contributed by atoms with E-state index >= 15 is 0 Å². The van der Waals surface area contributed by atoms with Gasteiger partial charge in [0.1, 0.15) is 5.82 Å². The van der Waals surface area contributed by atoms with Gasteiger partial charge in [0.2, 0.25) is 0 Å². The van der Waals surface area contributed by atoms with E-state index in [9.17, 15) is 0 Å². The smallest absolute Gasteiger partial charge is 0.146 e. The highest BCUT2D eigenvalue weighted by atomic mass is 32.2. The van der Waals surface area contributed by atoms with E-state index in [0.717, 1.165) is 29.5 Å². The Morgan fingerprint density at radius 2 is 2.38 bits per heavy atom. The first kappa shape index (κ1) is 11.8. The van der Waals surface area contributed by atoms with Crippen LogP contribution in [0.2, 0.25) is 0 Å². The van der Waals surface area contributed by atoms with Gasteiger partial charge in [-0.2, -0.15) is 11.8 Å². The molecule has 1 saturated heterocycles. The molecular weight excluding hydrogens is 220 g/mol. The Kier molecular flexibility index (Phi) is 3.78. The molecule has 2 N–H and O–H groups in total. The van der Waals surface area contributed by atoms with Crippen LogP contribution in [0.5, 0.6) is 0 Å². The Balaban J connectivity index is 2.27. The van der Waals surface area contributed by atoms with Crippen molar-refractivity contribution in [1.29, 1.82) is 0 Å². The van der Waals surface area contributed by atoms with Crippen molar-refractivity contribution in [3.8, 4) is 0 Å². The van der Waals surface area contributed by atoms with Crippen LogP contribution in [0.15, 0.2) is 6.07 Å². The van der Waals surface area contributed by atoms with Crippen molar-refractivity contribution >= 4 is 11.8 Å². The van der Waals surface area contributed by atoms with E-state index in [1.54, 1.807) is 0 Å². The number of hydrogen-bond donors (Lipinski definition) is 1. The minimum Gasteiger partial charge on any atom is -0.325 e. The Hall–Kier alpha value is -0.650. The number of aryl methyl sites for hydroxylation is 1. The van der Waals surface area contributed by atoms with Gasteiger partial charge in [-0.05, 0) is 20.0 Å². The van der Waals surface area contributed by atoms with Crippen LogP contribution in [0, 0.1) is 6.92 Å². The normalized spacial score (nSPS) is 22.3. The van der Waals surface area contributed by atoms with Crippen LogP contribution in [-0.2, 0) is 6.54 Å². The quantitative estimate of drug-likeness (QED) is 0.832. The van der Waals surface area contributed by atoms with E-state index in [2.05, 4.69) is 21.9 Å². The van der Waals surface area contributed by atoms with Crippen LogP contribution in [0.4, 0.5) is 0 Å². The van der Waals surface area contributed by atoms with Gasteiger partial charge >= 0.3 is 0 Å². The maximum Gasteiger partial charge on any atom is 0.146 e. The number of hydrogen-bond acceptors (Lipinski definition) is 5. The minimum atomic E-state index is 0.337. The number of thioether (sulfide) groups is 1. The SMILES string of the molecule is Cc1cc(CN)nc(C2CSCCN2C)n1. The molecule has 0 bridgehead atoms. The largest absolute Gasteiger partial charge is 0.325 e. The summed E-state index contributed by atoms with van der Waals surface area (Å²) < 4.78 is 0. The third-order valence-electron chi connectivity index (χ3n) is 2.83. The fourth-order valence-electron chi connectivity index (χ4n) is 1.87. The molecule has 0 aliphatic carbocycles. The summed E-state index contributed by atoms with van der Waals surface area (Å²) in [6, 6.07) is 2.29. The predicted molar refractivity (Wildman–Crippen MR) is 67.4 cm³/mol. The van der Waals surface area contributed by atoms with E-state index in [1.165, 1.54) is 5.75 Å². The summed E-state index contributed by atoms with van der Waals surface area (Å²) in [5.41, 5.74) is 7.59. The van der Waals surface area contributed by atoms with Crippen LogP contribution >= 0.6 is 11.8 Å². The average Bonchev–Trinajstić information content (AvgIpc) is 2.28. The number of nitrogens with zero attached hydrogens (tertiary/aromatic N) is 3. The van der Waals surface area contributed by atoms with Crippen molar-refractivity contribution in [2.24, 2.45) is 5.73 Å². The highest BCUT2D eigenvalue weighted by Gasteiger charge is 2.23. The van der Waals surface area contributed by atoms with Crippen molar-refractivity contribution < 1.29 is 0 Å². The summed E-state index contributed by atoms with van der Waals surface area (Å²) in [6.07, 6.45) is 0. The van der Waals surface area contributed by atoms with E-state index in [1.807, 2.05) is 24.8 Å². The Labute approximate surface area is 101 Å². The molecule has 2 heterocycles. The molecule has 1 aliphatic rings. The second-order valence-electron chi connectivity index (χ2n) is 4.13. The predicted octanol–water partition coefficient (Wildman–Crippen LogP) is 0.963. The topological polar surface area (TPSA) is 55.0 Å². The summed E-state index contributed by atoms with van der Waals surface area (Å²) in [5.74, 6) is 3.20. The van der Waals surface area contributed by atoms with Gasteiger partial charge in [0.15, 0.2) is 0 Å². The van der Waals surface area contributed by atoms with Crippen molar-refractivity contribution in [3.63, 3.8) is 0 Å². The van der Waals surface area contributed by atoms with E-state index in [4.69, 9.17) is 5.73 Å². The van der Waals surface area contributed by atoms with Gasteiger partial charge in [0.25, 0.3) is 0 Å². The summed E-state index contributed by atoms with van der Waals surface area (Å²) in [4.78, 5) is 11.4. The lowest BCUT2D eigenvalue weighted by atomic mass is 10.2. The fourth-order valence-corrected chi connectivity index (χ4v) is 3.08. The van der Waals surface area contributed by atoms with Crippen LogP contribution in [0.25, 0.3) is 0 Å². The zero-order valence-corrected chi connectivity index (χ0v) is 10.6. The maximum absolute atomic E-state index is 5.64. The highest BCUT2D eigenvalue weighted by molar-refractivity contribution is 7.99. The van der Waals surface area contributed by atoms with Gasteiger partial charge in [-0.25, -0.2) is 9.97 Å². The van der Waals surface area contributed by atoms with Crippen LogP contribution < -0.4 is 5.73 Å². The fraction of sp³-hybridized carbons (Fsp3) is 0.636. The molecule has 0 radical (unpaired) electrons. The molecule has 0 amide bonds. The summed E-state index contributed by atoms with van der Waals surface area (Å²) in [7, 11) is 2.14. The lowest BCUT2D eigenvalue weighted by Crippen LogP contribution is -2.34. The number of rotatable bonds is 2. The van der Waals surface area contributed by atoms with Crippen LogP contribution in [0.1, 0.15) is 23.3 Å². The molecule has 88 valence electrons. The molecule has 1 atom stereocenters. The summed E-state index contributed by atoms with van der Waals surface area (Å²) in [6.45, 7) is 3.59. The van der Waals surface area contributed by atoms with Crippen molar-refractivity contribution in [3.05, 3.63) is 23.3 Å². The van der Waals surface area contributed by atoms with E-state index in [0.29, 0.717) is 12.6 Å². The Morgan fingerprint density at radius 1 is 1.56 bits per heavy atom. The zero-order valence-electron chi connectivity index (χ0n) is 9.81. The van der Waals surface area contributed by atoms with E-state index < -0.39 is 0 Å². The monoisotopic (exact) mass is 238 g/mol. The molecule has 4 nitrogen and oxygen atoms in total. The third kappa shape index (κ3) is 2.53. The molecule has 1 aromatic heterocycles. The van der Waals surface area contributed by atoms with Gasteiger partial charge in [-0.15, -0.1) is 0 Å². The number of nitrogens with two attached hydrogens (primary N) is 1. The van der Waals surface area contributed by atoms with E-state index in [-0.39, 0.29) is 0 Å². The Morgan fingerprint density at radius 3 is 3.06 bits per heavy atom. The average molecular weight is 238 g/mol. The first-order valence-corrected chi connectivity index (χ1v) is 6.68. The Bertz CT molecular complexity index is 369. The highest BCUT2D eigenvalue weighted by Crippen LogP contribution is 2.26. The molecule has 1 aromatic rings. The lowest BCUT2D eigenvalue weighted by Gasteiger charge is -2.31. The summed E-state index contributed by atoms with van der Waals surface area (Å²) >= 11 is 1.97. The standard InChI is InChI=1S/C11H18N4S/c1-8-5-9(6-12)14-11(13-8)10-7-16-4-3-15(10)2/h5,10H,3-4,6-7,12H2,1-2H3. The maximum atomic E-state index is 5.64. The molecule has 0 spiro atoms. The van der Waals surface area contributed by atoms with Crippen molar-refractivity contribution in [2.45, 2.75) is 19.5 Å². The molecule has 0 saturated carbocycles. The van der Waals surface area contributed by atoms with Gasteiger partial charge in [-0.3, -0.25) is 4.90 Å². The lowest BCUT2D eigenvalue weighted by molar-refractivity contribution is 0.264. The second kappa shape index (κ2) is 5.12. The van der Waals surface area contributed by atoms with Gasteiger partial charge < -0.3 is 5.73 Å². The molecule has 1 unspecified atom stereocenters. The van der Waals surface area contributed by atoms with Crippen molar-refractivity contribution in [1.82, 2.24) is 14.9 Å². The molecule has 16 heavy (non-hydrogen) atoms. The second-order valence-corrected chi connectivity index (χ2v) is 5.28. The number of aromatic nitrogens is 2. The van der Waals surface area contributed by atoms with Crippen LogP contribution in [0.3, 0.4) is 0 Å². The molecule has 0 aromatic carbocycles. The molecule has 5 heteroatoms. The van der Waals surface area contributed by atoms with Crippen molar-refractivity contribution in [2.75, 3.05) is 25.1 Å². The van der Waals surface area contributed by atoms with Crippen LogP contribution in [-0.4, -0.2) is 40.0 Å². The summed E-state index contributed by atoms with van der Waals surface area (Å²) in [5, 5.41) is 0. The molecule has 1 fully saturated rings. The molecule has 1 aliphatic heterocycles. The van der Waals surface area contributed by atoms with Gasteiger partial charge in [0, 0.05) is 30.3 Å². The first-order chi connectivity index (χ1) is 7.70. The molecular formula is C11H18N4S. The first-order valence-electron chi connectivity index (χ1n) is 5.53. The minimum absolute atomic E-state index is 0.337. The zero-order chi connectivity index (χ0) is 11.5.